The van der Waals surface area contributed by atoms with Crippen LogP contribution in [0.2, 0.25) is 0 Å². The van der Waals surface area contributed by atoms with Gasteiger partial charge in [-0.2, -0.15) is 13.2 Å². The smallest absolute Gasteiger partial charge is 0.418 e. The van der Waals surface area contributed by atoms with Crippen LogP contribution in [0.3, 0.4) is 0 Å². The van der Waals surface area contributed by atoms with E-state index in [-0.39, 0.29) is 6.54 Å². The van der Waals surface area contributed by atoms with Gasteiger partial charge in [-0.05, 0) is 54.4 Å². The van der Waals surface area contributed by atoms with Gasteiger partial charge in [-0.3, -0.25) is 23.7 Å². The van der Waals surface area contributed by atoms with E-state index in [0.717, 1.165) is 40.8 Å². The first-order valence-corrected chi connectivity index (χ1v) is 15.1. The third-order valence-electron chi connectivity index (χ3n) is 7.58. The maximum atomic E-state index is 14.0. The van der Waals surface area contributed by atoms with Crippen molar-refractivity contribution in [2.75, 3.05) is 17.3 Å². The molecule has 3 atom stereocenters. The number of hydrogen-bond donors (Lipinski definition) is 1. The molecule has 13 heteroatoms. The van der Waals surface area contributed by atoms with Crippen LogP contribution in [0, 0.1) is 12.8 Å². The lowest BCUT2D eigenvalue weighted by molar-refractivity contribution is -0.137. The first-order valence-electron chi connectivity index (χ1n) is 13.4. The summed E-state index contributed by atoms with van der Waals surface area (Å²) in [6.07, 6.45) is -4.81. The highest BCUT2D eigenvalue weighted by Crippen LogP contribution is 2.54. The quantitative estimate of drug-likeness (QED) is 0.273. The summed E-state index contributed by atoms with van der Waals surface area (Å²) in [6.45, 7) is 1.51. The molecule has 6 rings (SSSR count). The summed E-state index contributed by atoms with van der Waals surface area (Å²) >= 11 is 1.78. The van der Waals surface area contributed by atoms with E-state index in [2.05, 4.69) is 5.32 Å². The Labute approximate surface area is 257 Å². The third-order valence-corrected chi connectivity index (χ3v) is 10.2. The van der Waals surface area contributed by atoms with Crippen LogP contribution < -0.4 is 19.8 Å². The van der Waals surface area contributed by atoms with Crippen LogP contribution in [0.5, 0.6) is 5.75 Å². The summed E-state index contributed by atoms with van der Waals surface area (Å²) in [4.78, 5) is 54.8. The van der Waals surface area contributed by atoms with Crippen LogP contribution in [0.1, 0.15) is 27.5 Å². The number of alkyl halides is 3. The van der Waals surface area contributed by atoms with Gasteiger partial charge < -0.3 is 10.1 Å². The number of ether oxygens (including phenoxy) is 1. The molecule has 0 radical (unpaired) electrons. The molecule has 44 heavy (non-hydrogen) atoms. The van der Waals surface area contributed by atoms with E-state index >= 15 is 0 Å². The Kier molecular flexibility index (Phi) is 7.62. The Balaban J connectivity index is 1.43. The number of aromatic nitrogens is 1. The fraction of sp³-hybridized carbons (Fsp3) is 0.226. The molecule has 1 N–H and O–H groups in total. The van der Waals surface area contributed by atoms with Crippen molar-refractivity contribution in [1.82, 2.24) is 4.57 Å². The number of nitrogens with zero attached hydrogens (tertiary/aromatic N) is 2. The number of nitrogens with one attached hydrogen (secondary N) is 1. The largest absolute Gasteiger partial charge is 0.497 e. The van der Waals surface area contributed by atoms with Crippen LogP contribution in [-0.4, -0.2) is 34.6 Å². The number of carbonyl (C=O) groups is 3. The summed E-state index contributed by atoms with van der Waals surface area (Å²) in [6, 6.07) is 18.3. The van der Waals surface area contributed by atoms with Gasteiger partial charge in [0.05, 0.1) is 29.3 Å². The number of benzene rings is 3. The van der Waals surface area contributed by atoms with Crippen molar-refractivity contribution in [3.05, 3.63) is 104 Å². The number of halogens is 3. The van der Waals surface area contributed by atoms with Gasteiger partial charge >= 0.3 is 11.0 Å². The highest BCUT2D eigenvalue weighted by Gasteiger charge is 2.57. The van der Waals surface area contributed by atoms with Crippen molar-refractivity contribution >= 4 is 52.2 Å². The Morgan fingerprint density at radius 3 is 2.39 bits per heavy atom. The second kappa shape index (κ2) is 11.3. The number of methoxy groups -OCH3 is 1. The van der Waals surface area contributed by atoms with Crippen molar-refractivity contribution < 1.29 is 32.3 Å². The van der Waals surface area contributed by atoms with Gasteiger partial charge in [0.25, 0.3) is 0 Å². The number of hydrogen-bond acceptors (Lipinski definition) is 7. The van der Waals surface area contributed by atoms with E-state index in [1.54, 1.807) is 42.5 Å². The average Bonchev–Trinajstić information content (AvgIpc) is 3.42. The predicted octanol–water partition coefficient (Wildman–Crippen LogP) is 5.68. The summed E-state index contributed by atoms with van der Waals surface area (Å²) < 4.78 is 48.4. The molecule has 0 spiro atoms. The zero-order valence-electron chi connectivity index (χ0n) is 23.3. The minimum Gasteiger partial charge on any atom is -0.497 e. The zero-order chi connectivity index (χ0) is 31.3. The summed E-state index contributed by atoms with van der Waals surface area (Å²) in [7, 11) is 1.49. The molecule has 0 aliphatic carbocycles. The van der Waals surface area contributed by atoms with E-state index in [1.807, 2.05) is 13.0 Å². The predicted molar refractivity (Wildman–Crippen MR) is 160 cm³/mol. The number of aryl methyl sites for hydroxylation is 1. The first kappa shape index (κ1) is 29.7. The molecular weight excluding hydrogens is 615 g/mol. The Bertz CT molecular complexity index is 1850. The van der Waals surface area contributed by atoms with E-state index in [1.165, 1.54) is 23.8 Å². The van der Waals surface area contributed by atoms with Gasteiger partial charge in [-0.1, -0.05) is 59.5 Å². The standard InChI is InChI=1S/C31H24F3N3O5S2/c1-16-6-5-7-18(14-16)35-22(38)15-36-29-26(44-30(36)41)23(17-10-12-19(42-2)13-11-17)24-25(43-29)28(40)37(27(24)39)21-9-4-3-8-20(21)31(32,33)34/h3-14,23-25H,15H2,1-2H3,(H,35,38)/t23-,24?,25?/m1/s1. The molecular formula is C31H24F3N3O5S2. The topological polar surface area (TPSA) is 97.7 Å². The van der Waals surface area contributed by atoms with E-state index < -0.39 is 57.1 Å². The highest BCUT2D eigenvalue weighted by atomic mass is 32.2. The normalized spacial score (nSPS) is 19.5. The monoisotopic (exact) mass is 639 g/mol. The molecule has 4 aromatic rings. The lowest BCUT2D eigenvalue weighted by Crippen LogP contribution is -2.33. The van der Waals surface area contributed by atoms with Crippen LogP contribution in [0.15, 0.2) is 82.6 Å². The molecule has 1 fully saturated rings. The van der Waals surface area contributed by atoms with Crippen molar-refractivity contribution in [2.24, 2.45) is 5.92 Å². The fourth-order valence-corrected chi connectivity index (χ4v) is 8.41. The number of thiazole rings is 1. The molecule has 1 saturated heterocycles. The number of fused-ring (bicyclic) bond motifs is 2. The molecule has 2 aliphatic heterocycles. The van der Waals surface area contributed by atoms with Crippen molar-refractivity contribution in [3.63, 3.8) is 0 Å². The number of amides is 3. The Morgan fingerprint density at radius 2 is 1.70 bits per heavy atom. The molecule has 8 nitrogen and oxygen atoms in total. The van der Waals surface area contributed by atoms with Crippen LogP contribution in [0.4, 0.5) is 24.5 Å². The minimum absolute atomic E-state index is 0.327. The minimum atomic E-state index is -4.81. The molecule has 2 unspecified atom stereocenters. The molecule has 1 aromatic heterocycles. The summed E-state index contributed by atoms with van der Waals surface area (Å²) in [5.41, 5.74) is 0.402. The van der Waals surface area contributed by atoms with Crippen molar-refractivity contribution in [1.29, 1.82) is 0 Å². The second-order valence-electron chi connectivity index (χ2n) is 10.4. The van der Waals surface area contributed by atoms with Gasteiger partial charge in [0.2, 0.25) is 17.7 Å². The summed E-state index contributed by atoms with van der Waals surface area (Å²) in [5.74, 6) is -3.48. The number of imide groups is 1. The fourth-order valence-electron chi connectivity index (χ4n) is 5.64. The number of rotatable bonds is 6. The lowest BCUT2D eigenvalue weighted by atomic mass is 9.83. The Hall–Kier alpha value is -4.36. The lowest BCUT2D eigenvalue weighted by Gasteiger charge is -2.30. The van der Waals surface area contributed by atoms with Gasteiger partial charge in [-0.25, -0.2) is 4.90 Å². The third kappa shape index (κ3) is 5.19. The first-order chi connectivity index (χ1) is 21.0. The van der Waals surface area contributed by atoms with Gasteiger partial charge in [0.1, 0.15) is 17.5 Å². The summed E-state index contributed by atoms with van der Waals surface area (Å²) in [5, 5.41) is 1.96. The molecule has 0 bridgehead atoms. The average molecular weight is 640 g/mol. The molecule has 0 saturated carbocycles. The zero-order valence-corrected chi connectivity index (χ0v) is 24.9. The van der Waals surface area contributed by atoms with Crippen molar-refractivity contribution in [3.8, 4) is 5.75 Å². The molecule has 3 amide bonds. The maximum Gasteiger partial charge on any atom is 0.418 e. The van der Waals surface area contributed by atoms with E-state index in [4.69, 9.17) is 4.74 Å². The van der Waals surface area contributed by atoms with Gasteiger partial charge in [-0.15, -0.1) is 0 Å². The van der Waals surface area contributed by atoms with Crippen LogP contribution in [0.25, 0.3) is 0 Å². The number of thioether (sulfide) groups is 1. The number of para-hydroxylation sites is 1. The molecule has 226 valence electrons. The van der Waals surface area contributed by atoms with Gasteiger partial charge in [0, 0.05) is 16.5 Å². The number of anilines is 2. The molecule has 2 aliphatic rings. The van der Waals surface area contributed by atoms with Gasteiger partial charge in [0.15, 0.2) is 0 Å². The van der Waals surface area contributed by atoms with Crippen LogP contribution >= 0.6 is 23.1 Å². The SMILES string of the molecule is COc1ccc([C@H]2c3sc(=O)n(CC(=O)Nc4cccc(C)c4)c3SC3C(=O)N(c4ccccc4C(F)(F)F)C(=O)C32)cc1. The van der Waals surface area contributed by atoms with Crippen LogP contribution in [-0.2, 0) is 27.1 Å². The second-order valence-corrected chi connectivity index (χ2v) is 12.5. The number of carbonyl (C=O) groups excluding carboxylic acids is 3. The van der Waals surface area contributed by atoms with Crippen molar-refractivity contribution in [2.45, 2.75) is 35.8 Å². The maximum absolute atomic E-state index is 14.0. The van der Waals surface area contributed by atoms with E-state index in [0.29, 0.717) is 31.8 Å². The molecule has 3 heterocycles. The van der Waals surface area contributed by atoms with E-state index in [9.17, 15) is 32.3 Å². The highest BCUT2D eigenvalue weighted by molar-refractivity contribution is 8.00. The Morgan fingerprint density at radius 1 is 0.977 bits per heavy atom. The molecule has 3 aromatic carbocycles.